The first-order valence-corrected chi connectivity index (χ1v) is 8.55. The molecule has 3 rings (SSSR count). The Kier molecular flexibility index (Phi) is 9.34. The Hall–Kier alpha value is -2.19. The second kappa shape index (κ2) is 11.0. The number of rotatable bonds is 5. The third-order valence-corrected chi connectivity index (χ3v) is 4.36. The van der Waals surface area contributed by atoms with E-state index < -0.39 is 6.10 Å². The Bertz CT molecular complexity index is 805. The normalized spacial score (nSPS) is 17.8. The molecule has 2 heterocycles. The van der Waals surface area contributed by atoms with Crippen LogP contribution in [0.2, 0.25) is 0 Å². The molecule has 1 aromatic heterocycles. The second-order valence-electron chi connectivity index (χ2n) is 6.27. The van der Waals surface area contributed by atoms with Gasteiger partial charge in [-0.3, -0.25) is 14.6 Å². The van der Waals surface area contributed by atoms with E-state index in [4.69, 9.17) is 10.5 Å². The number of carbonyl (C=O) groups is 2. The van der Waals surface area contributed by atoms with Crippen molar-refractivity contribution in [3.63, 3.8) is 0 Å². The quantitative estimate of drug-likeness (QED) is 0.681. The van der Waals surface area contributed by atoms with Crippen molar-refractivity contribution in [3.8, 4) is 0 Å². The summed E-state index contributed by atoms with van der Waals surface area (Å²) in [4.78, 5) is 28.6. The Labute approximate surface area is 176 Å². The number of halogens is 2. The van der Waals surface area contributed by atoms with Crippen molar-refractivity contribution in [1.29, 1.82) is 0 Å². The molecular weight excluding hydrogens is 403 g/mol. The van der Waals surface area contributed by atoms with E-state index >= 15 is 0 Å². The molecule has 1 fully saturated rings. The number of anilines is 2. The smallest absolute Gasteiger partial charge is 0.255 e. The molecule has 1 aliphatic rings. The molecule has 1 aromatic carbocycles. The highest BCUT2D eigenvalue weighted by atomic mass is 35.5. The van der Waals surface area contributed by atoms with Crippen LogP contribution in [0.4, 0.5) is 11.4 Å². The minimum Gasteiger partial charge on any atom is -0.364 e. The summed E-state index contributed by atoms with van der Waals surface area (Å²) in [7, 11) is 0. The molecule has 0 saturated carbocycles. The summed E-state index contributed by atoms with van der Waals surface area (Å²) in [5.41, 5.74) is 8.23. The van der Waals surface area contributed by atoms with Crippen molar-refractivity contribution in [3.05, 3.63) is 53.9 Å². The van der Waals surface area contributed by atoms with Gasteiger partial charge in [-0.05, 0) is 49.6 Å². The van der Waals surface area contributed by atoms with E-state index in [9.17, 15) is 9.59 Å². The molecule has 0 spiro atoms. The first-order chi connectivity index (χ1) is 12.6. The van der Waals surface area contributed by atoms with Gasteiger partial charge in [0.25, 0.3) is 11.8 Å². The summed E-state index contributed by atoms with van der Waals surface area (Å²) >= 11 is 0. The monoisotopic (exact) mass is 426 g/mol. The molecule has 9 heteroatoms. The summed E-state index contributed by atoms with van der Waals surface area (Å²) in [5, 5.41) is 5.70. The summed E-state index contributed by atoms with van der Waals surface area (Å²) in [6.07, 6.45) is 4.03. The maximum atomic E-state index is 12.3. The summed E-state index contributed by atoms with van der Waals surface area (Å²) in [6, 6.07) is 8.66. The molecule has 0 aliphatic carbocycles. The molecule has 1 aliphatic heterocycles. The van der Waals surface area contributed by atoms with E-state index in [0.717, 1.165) is 12.0 Å². The molecule has 7 nitrogen and oxygen atoms in total. The molecule has 2 atom stereocenters. The lowest BCUT2D eigenvalue weighted by atomic mass is 10.1. The standard InChI is InChI=1S/C19H22N4O3.2ClH/c1-12-2-3-14(22-19(25)17-5-4-15(11-20)26-17)10-16(12)23-18(24)13-6-8-21-9-7-13;;/h2-3,6-10,15,17H,4-5,11,20H2,1H3,(H,22,25)(H,23,24);2*1H/t15-,17+;;/m1../s1. The molecule has 0 unspecified atom stereocenters. The number of benzene rings is 1. The van der Waals surface area contributed by atoms with Crippen molar-refractivity contribution in [2.45, 2.75) is 32.0 Å². The van der Waals surface area contributed by atoms with Crippen LogP contribution in [0.15, 0.2) is 42.7 Å². The number of amides is 2. The SMILES string of the molecule is Cc1ccc(NC(=O)[C@@H]2CC[C@H](CN)O2)cc1NC(=O)c1ccncc1.Cl.Cl. The Morgan fingerprint density at radius 3 is 2.50 bits per heavy atom. The molecule has 2 amide bonds. The van der Waals surface area contributed by atoms with Crippen LogP contribution in [-0.2, 0) is 9.53 Å². The number of hydrogen-bond acceptors (Lipinski definition) is 5. The Morgan fingerprint density at radius 1 is 1.14 bits per heavy atom. The molecule has 4 N–H and O–H groups in total. The Balaban J connectivity index is 0.00000196. The van der Waals surface area contributed by atoms with Gasteiger partial charge in [-0.1, -0.05) is 6.07 Å². The van der Waals surface area contributed by atoms with Crippen molar-refractivity contribution in [2.24, 2.45) is 5.73 Å². The average molecular weight is 427 g/mol. The number of aryl methyl sites for hydroxylation is 1. The fourth-order valence-corrected chi connectivity index (χ4v) is 2.83. The average Bonchev–Trinajstić information content (AvgIpc) is 3.14. The van der Waals surface area contributed by atoms with Crippen molar-refractivity contribution in [2.75, 3.05) is 17.2 Å². The van der Waals surface area contributed by atoms with Crippen LogP contribution in [0.5, 0.6) is 0 Å². The van der Waals surface area contributed by atoms with E-state index in [1.807, 2.05) is 13.0 Å². The highest BCUT2D eigenvalue weighted by molar-refractivity contribution is 6.05. The molecule has 28 heavy (non-hydrogen) atoms. The number of aromatic nitrogens is 1. The zero-order chi connectivity index (χ0) is 18.5. The van der Waals surface area contributed by atoms with Crippen LogP contribution < -0.4 is 16.4 Å². The molecule has 0 bridgehead atoms. The second-order valence-corrected chi connectivity index (χ2v) is 6.27. The van der Waals surface area contributed by atoms with Crippen molar-refractivity contribution in [1.82, 2.24) is 4.98 Å². The number of nitrogens with zero attached hydrogens (tertiary/aromatic N) is 1. The number of ether oxygens (including phenoxy) is 1. The lowest BCUT2D eigenvalue weighted by molar-refractivity contribution is -0.126. The van der Waals surface area contributed by atoms with Crippen LogP contribution in [0.3, 0.4) is 0 Å². The summed E-state index contributed by atoms with van der Waals surface area (Å²) in [5.74, 6) is -0.430. The largest absolute Gasteiger partial charge is 0.364 e. The third kappa shape index (κ3) is 5.90. The van der Waals surface area contributed by atoms with Crippen LogP contribution in [0.25, 0.3) is 0 Å². The summed E-state index contributed by atoms with van der Waals surface area (Å²) < 4.78 is 5.61. The number of nitrogens with two attached hydrogens (primary N) is 1. The van der Waals surface area contributed by atoms with E-state index in [2.05, 4.69) is 15.6 Å². The minimum atomic E-state index is -0.486. The van der Waals surface area contributed by atoms with Gasteiger partial charge in [-0.15, -0.1) is 24.8 Å². The molecule has 1 saturated heterocycles. The van der Waals surface area contributed by atoms with Gasteiger partial charge in [0, 0.05) is 35.9 Å². The van der Waals surface area contributed by atoms with Gasteiger partial charge in [-0.2, -0.15) is 0 Å². The van der Waals surface area contributed by atoms with Crippen LogP contribution in [0, 0.1) is 6.92 Å². The predicted molar refractivity (Wildman–Crippen MR) is 113 cm³/mol. The van der Waals surface area contributed by atoms with Gasteiger partial charge in [0.05, 0.1) is 6.10 Å². The fraction of sp³-hybridized carbons (Fsp3) is 0.316. The zero-order valence-electron chi connectivity index (χ0n) is 15.4. The van der Waals surface area contributed by atoms with Crippen molar-refractivity contribution < 1.29 is 14.3 Å². The first kappa shape index (κ1) is 23.8. The minimum absolute atomic E-state index is 0. The molecule has 152 valence electrons. The Morgan fingerprint density at radius 2 is 1.86 bits per heavy atom. The summed E-state index contributed by atoms with van der Waals surface area (Å²) in [6.45, 7) is 2.30. The number of pyridine rings is 1. The lowest BCUT2D eigenvalue weighted by Gasteiger charge is -2.14. The van der Waals surface area contributed by atoms with E-state index in [1.165, 1.54) is 0 Å². The van der Waals surface area contributed by atoms with Crippen molar-refractivity contribution >= 4 is 48.0 Å². The molecular formula is C19H24Cl2N4O3. The first-order valence-electron chi connectivity index (χ1n) is 8.55. The van der Waals surface area contributed by atoms with E-state index in [-0.39, 0.29) is 42.7 Å². The van der Waals surface area contributed by atoms with Gasteiger partial charge in [0.15, 0.2) is 0 Å². The zero-order valence-corrected chi connectivity index (χ0v) is 17.0. The van der Waals surface area contributed by atoms with E-state index in [0.29, 0.717) is 29.9 Å². The molecule has 2 aromatic rings. The number of carbonyl (C=O) groups excluding carboxylic acids is 2. The lowest BCUT2D eigenvalue weighted by Crippen LogP contribution is -2.29. The van der Waals surface area contributed by atoms with Crippen LogP contribution in [0.1, 0.15) is 28.8 Å². The van der Waals surface area contributed by atoms with Crippen LogP contribution in [-0.4, -0.2) is 35.6 Å². The van der Waals surface area contributed by atoms with Gasteiger partial charge in [0.2, 0.25) is 0 Å². The maximum Gasteiger partial charge on any atom is 0.255 e. The molecule has 0 radical (unpaired) electrons. The highest BCUT2D eigenvalue weighted by Crippen LogP contribution is 2.24. The van der Waals surface area contributed by atoms with E-state index in [1.54, 1.807) is 36.7 Å². The topological polar surface area (TPSA) is 106 Å². The van der Waals surface area contributed by atoms with Gasteiger partial charge in [-0.25, -0.2) is 0 Å². The van der Waals surface area contributed by atoms with Gasteiger partial charge < -0.3 is 21.1 Å². The number of hydrogen-bond donors (Lipinski definition) is 3. The number of nitrogens with one attached hydrogen (secondary N) is 2. The highest BCUT2D eigenvalue weighted by Gasteiger charge is 2.29. The maximum absolute atomic E-state index is 12.3. The third-order valence-electron chi connectivity index (χ3n) is 4.36. The van der Waals surface area contributed by atoms with Gasteiger partial charge in [0.1, 0.15) is 6.10 Å². The van der Waals surface area contributed by atoms with Crippen LogP contribution >= 0.6 is 24.8 Å². The van der Waals surface area contributed by atoms with Gasteiger partial charge >= 0.3 is 0 Å². The fourth-order valence-electron chi connectivity index (χ4n) is 2.83. The predicted octanol–water partition coefficient (Wildman–Crippen LogP) is 2.93.